The van der Waals surface area contributed by atoms with E-state index in [-0.39, 0.29) is 16.9 Å². The number of carbonyl (C=O) groups excluding carboxylic acids is 1. The van der Waals surface area contributed by atoms with Crippen LogP contribution in [0.1, 0.15) is 19.3 Å². The highest BCUT2D eigenvalue weighted by atomic mass is 32.1. The second kappa shape index (κ2) is 3.73. The maximum absolute atomic E-state index is 12.0. The van der Waals surface area contributed by atoms with Crippen LogP contribution in [0.2, 0.25) is 0 Å². The van der Waals surface area contributed by atoms with Gasteiger partial charge in [0.05, 0.1) is 6.42 Å². The Morgan fingerprint density at radius 2 is 2.12 bits per heavy atom. The van der Waals surface area contributed by atoms with Crippen LogP contribution in [0.15, 0.2) is 11.8 Å². The van der Waals surface area contributed by atoms with E-state index in [2.05, 4.69) is 5.32 Å². The molecule has 1 N–H and O–H groups in total. The lowest BCUT2D eigenvalue weighted by Gasteiger charge is -2.11. The molecular weight excluding hydrogens is 241 g/mol. The van der Waals surface area contributed by atoms with E-state index in [1.54, 1.807) is 0 Å². The average molecular weight is 250 g/mol. The molecule has 1 saturated carbocycles. The fraction of sp³-hybridized carbons (Fsp3) is 0.556. The topological polar surface area (TPSA) is 32.3 Å². The van der Waals surface area contributed by atoms with Crippen molar-refractivity contribution in [2.75, 3.05) is 0 Å². The summed E-state index contributed by atoms with van der Waals surface area (Å²) < 4.78 is 35.9. The Morgan fingerprint density at radius 3 is 2.62 bits per heavy atom. The molecule has 2 aliphatic rings. The average Bonchev–Trinajstić information content (AvgIpc) is 2.91. The second-order valence-electron chi connectivity index (χ2n) is 3.77. The zero-order valence-electron chi connectivity index (χ0n) is 8.17. The first kappa shape index (κ1) is 11.4. The normalized spacial score (nSPS) is 24.2. The minimum absolute atomic E-state index is 0.0609. The number of allylic oxidation sites excluding steroid dienone is 1. The Labute approximate surface area is 95.3 Å². The van der Waals surface area contributed by atoms with Gasteiger partial charge in [0.1, 0.15) is 5.70 Å². The molecule has 2 fully saturated rings. The highest BCUT2D eigenvalue weighted by Gasteiger charge is 2.41. The van der Waals surface area contributed by atoms with Gasteiger partial charge in [-0.25, -0.2) is 0 Å². The van der Waals surface area contributed by atoms with Crippen LogP contribution in [0, 0.1) is 0 Å². The predicted molar refractivity (Wildman–Crippen MR) is 54.4 cm³/mol. The van der Waals surface area contributed by atoms with Gasteiger partial charge in [-0.3, -0.25) is 9.69 Å². The third-order valence-electron chi connectivity index (χ3n) is 2.36. The lowest BCUT2D eigenvalue weighted by Crippen LogP contribution is -2.32. The summed E-state index contributed by atoms with van der Waals surface area (Å²) in [4.78, 5) is 13.0. The summed E-state index contributed by atoms with van der Waals surface area (Å²) in [5.41, 5.74) is -0.0609. The second-order valence-corrected chi connectivity index (χ2v) is 4.16. The number of hydrogen-bond donors (Lipinski definition) is 1. The molecule has 0 unspecified atom stereocenters. The monoisotopic (exact) mass is 250 g/mol. The van der Waals surface area contributed by atoms with Crippen molar-refractivity contribution in [3.63, 3.8) is 0 Å². The number of carbonyl (C=O) groups is 1. The molecule has 0 spiro atoms. The van der Waals surface area contributed by atoms with Crippen molar-refractivity contribution in [2.24, 2.45) is 0 Å². The van der Waals surface area contributed by atoms with E-state index in [9.17, 15) is 18.0 Å². The summed E-state index contributed by atoms with van der Waals surface area (Å²) in [6, 6.07) is 0.0734. The lowest BCUT2D eigenvalue weighted by molar-refractivity contribution is -0.125. The number of thiocarbonyl (C=S) groups is 1. The molecule has 88 valence electrons. The molecule has 2 rings (SSSR count). The van der Waals surface area contributed by atoms with Crippen LogP contribution < -0.4 is 5.32 Å². The van der Waals surface area contributed by atoms with Gasteiger partial charge < -0.3 is 5.32 Å². The smallest absolute Gasteiger partial charge is 0.328 e. The maximum atomic E-state index is 12.0. The van der Waals surface area contributed by atoms with Crippen LogP contribution in [-0.4, -0.2) is 28.1 Å². The van der Waals surface area contributed by atoms with E-state index >= 15 is 0 Å². The van der Waals surface area contributed by atoms with Crippen molar-refractivity contribution < 1.29 is 18.0 Å². The van der Waals surface area contributed by atoms with Crippen LogP contribution in [0.5, 0.6) is 0 Å². The van der Waals surface area contributed by atoms with Crippen molar-refractivity contribution in [2.45, 2.75) is 31.5 Å². The Kier molecular flexibility index (Phi) is 2.65. The Balaban J connectivity index is 2.08. The lowest BCUT2D eigenvalue weighted by atomic mass is 10.3. The maximum Gasteiger partial charge on any atom is 0.392 e. The van der Waals surface area contributed by atoms with E-state index in [0.29, 0.717) is 0 Å². The van der Waals surface area contributed by atoms with E-state index in [1.807, 2.05) is 0 Å². The minimum Gasteiger partial charge on any atom is -0.328 e. The van der Waals surface area contributed by atoms with Crippen LogP contribution in [0.3, 0.4) is 0 Å². The molecule has 1 aliphatic carbocycles. The van der Waals surface area contributed by atoms with Gasteiger partial charge in [0.15, 0.2) is 5.11 Å². The van der Waals surface area contributed by atoms with Gasteiger partial charge in [-0.05, 0) is 31.1 Å². The molecule has 1 saturated heterocycles. The Morgan fingerprint density at radius 1 is 1.50 bits per heavy atom. The van der Waals surface area contributed by atoms with Gasteiger partial charge in [-0.2, -0.15) is 13.2 Å². The van der Waals surface area contributed by atoms with Gasteiger partial charge in [-0.15, -0.1) is 0 Å². The number of halogens is 3. The zero-order valence-corrected chi connectivity index (χ0v) is 8.99. The minimum atomic E-state index is -4.30. The van der Waals surface area contributed by atoms with Gasteiger partial charge in [0, 0.05) is 6.04 Å². The predicted octanol–water partition coefficient (Wildman–Crippen LogP) is 1.70. The number of nitrogens with zero attached hydrogens (tertiary/aromatic N) is 1. The van der Waals surface area contributed by atoms with Crippen LogP contribution in [0.4, 0.5) is 13.2 Å². The standard InChI is InChI=1S/C9H9F3N2OS/c10-9(11,12)4-3-6-7(15)14(5-1-2-5)8(16)13-6/h3,5H,1-2,4H2,(H,13,16)/b6-3+. The first-order valence-electron chi connectivity index (χ1n) is 4.80. The number of hydrogen-bond acceptors (Lipinski definition) is 2. The molecule has 0 atom stereocenters. The third-order valence-corrected chi connectivity index (χ3v) is 2.66. The number of nitrogens with one attached hydrogen (secondary N) is 1. The van der Waals surface area contributed by atoms with Gasteiger partial charge in [-0.1, -0.05) is 0 Å². The van der Waals surface area contributed by atoms with Crippen molar-refractivity contribution >= 4 is 23.2 Å². The first-order valence-corrected chi connectivity index (χ1v) is 5.21. The van der Waals surface area contributed by atoms with Crippen molar-refractivity contribution in [1.82, 2.24) is 10.2 Å². The van der Waals surface area contributed by atoms with Crippen molar-refractivity contribution in [3.8, 4) is 0 Å². The third kappa shape index (κ3) is 2.34. The number of alkyl halides is 3. The van der Waals surface area contributed by atoms with E-state index in [4.69, 9.17) is 12.2 Å². The number of amides is 1. The summed E-state index contributed by atoms with van der Waals surface area (Å²) in [5, 5.41) is 2.73. The van der Waals surface area contributed by atoms with E-state index < -0.39 is 18.5 Å². The van der Waals surface area contributed by atoms with Crippen LogP contribution >= 0.6 is 12.2 Å². The van der Waals surface area contributed by atoms with Gasteiger partial charge in [0.2, 0.25) is 0 Å². The van der Waals surface area contributed by atoms with Gasteiger partial charge >= 0.3 is 6.18 Å². The quantitative estimate of drug-likeness (QED) is 0.598. The summed E-state index contributed by atoms with van der Waals surface area (Å²) in [5.74, 6) is -0.447. The summed E-state index contributed by atoms with van der Waals surface area (Å²) in [6.07, 6.45) is -2.86. The highest BCUT2D eigenvalue weighted by molar-refractivity contribution is 7.80. The van der Waals surface area contributed by atoms with Crippen LogP contribution in [0.25, 0.3) is 0 Å². The molecule has 7 heteroatoms. The zero-order chi connectivity index (χ0) is 11.9. The fourth-order valence-corrected chi connectivity index (χ4v) is 1.81. The molecule has 0 aromatic heterocycles. The molecule has 0 radical (unpaired) electrons. The number of rotatable bonds is 2. The molecule has 1 aliphatic heterocycles. The molecule has 0 bridgehead atoms. The molecular formula is C9H9F3N2OS. The molecule has 0 aromatic carbocycles. The van der Waals surface area contributed by atoms with E-state index in [1.165, 1.54) is 4.90 Å². The summed E-state index contributed by atoms with van der Waals surface area (Å²) >= 11 is 4.89. The molecule has 0 aromatic rings. The molecule has 1 heterocycles. The molecule has 16 heavy (non-hydrogen) atoms. The Bertz CT molecular complexity index is 373. The van der Waals surface area contributed by atoms with Crippen LogP contribution in [-0.2, 0) is 4.79 Å². The Hall–Kier alpha value is -1.11. The summed E-state index contributed by atoms with van der Waals surface area (Å²) in [7, 11) is 0. The fourth-order valence-electron chi connectivity index (χ4n) is 1.47. The highest BCUT2D eigenvalue weighted by Crippen LogP contribution is 2.31. The van der Waals surface area contributed by atoms with Crippen molar-refractivity contribution in [1.29, 1.82) is 0 Å². The molecule has 1 amide bonds. The first-order chi connectivity index (χ1) is 7.38. The van der Waals surface area contributed by atoms with E-state index in [0.717, 1.165) is 18.9 Å². The summed E-state index contributed by atoms with van der Waals surface area (Å²) in [6.45, 7) is 0. The largest absolute Gasteiger partial charge is 0.392 e. The van der Waals surface area contributed by atoms with Crippen molar-refractivity contribution in [3.05, 3.63) is 11.8 Å². The van der Waals surface area contributed by atoms with Gasteiger partial charge in [0.25, 0.3) is 5.91 Å². The SMILES string of the molecule is O=C1/C(=C\CC(F)(F)F)NC(=S)N1C1CC1. The molecule has 3 nitrogen and oxygen atoms in total.